The smallest absolute Gasteiger partial charge is 0.341 e. The third kappa shape index (κ3) is 4.33. The van der Waals surface area contributed by atoms with Gasteiger partial charge in [0, 0.05) is 44.1 Å². The maximum Gasteiger partial charge on any atom is 0.341 e. The third-order valence-corrected chi connectivity index (χ3v) is 4.37. The highest BCUT2D eigenvalue weighted by Crippen LogP contribution is 2.18. The van der Waals surface area contributed by atoms with Gasteiger partial charge in [0.1, 0.15) is 5.75 Å². The van der Waals surface area contributed by atoms with Crippen molar-refractivity contribution in [3.8, 4) is 5.75 Å². The molecule has 2 aromatic rings. The minimum atomic E-state index is -1.06. The molecule has 2 N–H and O–H groups in total. The van der Waals surface area contributed by atoms with Crippen molar-refractivity contribution in [2.75, 3.05) is 24.6 Å². The number of carboxylic acid groups (broad SMARTS) is 1. The van der Waals surface area contributed by atoms with E-state index in [1.807, 2.05) is 17.8 Å². The zero-order valence-corrected chi connectivity index (χ0v) is 14.6. The van der Waals surface area contributed by atoms with Gasteiger partial charge in [0.05, 0.1) is 0 Å². The van der Waals surface area contributed by atoms with Crippen LogP contribution >= 0.6 is 0 Å². The van der Waals surface area contributed by atoms with Crippen molar-refractivity contribution in [1.82, 2.24) is 14.9 Å². The Bertz CT molecular complexity index is 781. The van der Waals surface area contributed by atoms with E-state index in [1.54, 1.807) is 30.5 Å². The number of amides is 1. The molecule has 0 radical (unpaired) electrons. The number of carboxylic acids is 1. The number of imidazole rings is 1. The number of aryl methyl sites for hydroxylation is 1. The zero-order chi connectivity index (χ0) is 18.5. The monoisotopic (exact) mass is 358 g/mol. The highest BCUT2D eigenvalue weighted by molar-refractivity contribution is 5.94. The van der Waals surface area contributed by atoms with Crippen LogP contribution in [-0.4, -0.2) is 52.3 Å². The lowest BCUT2D eigenvalue weighted by molar-refractivity contribution is -0.139. The summed E-state index contributed by atoms with van der Waals surface area (Å²) in [6.07, 6.45) is 5.38. The normalized spacial score (nSPS) is 14.9. The summed E-state index contributed by atoms with van der Waals surface area (Å²) < 4.78 is 7.11. The first-order valence-electron chi connectivity index (χ1n) is 8.50. The van der Waals surface area contributed by atoms with Gasteiger partial charge >= 0.3 is 5.97 Å². The summed E-state index contributed by atoms with van der Waals surface area (Å²) >= 11 is 0. The lowest BCUT2D eigenvalue weighted by Crippen LogP contribution is -2.45. The van der Waals surface area contributed by atoms with Crippen LogP contribution in [-0.2, 0) is 11.8 Å². The second-order valence-corrected chi connectivity index (χ2v) is 6.28. The van der Waals surface area contributed by atoms with E-state index >= 15 is 0 Å². The number of ether oxygens (including phenoxy) is 1. The van der Waals surface area contributed by atoms with Crippen molar-refractivity contribution in [3.63, 3.8) is 0 Å². The number of aliphatic carboxylic acids is 1. The third-order valence-electron chi connectivity index (χ3n) is 4.37. The van der Waals surface area contributed by atoms with Crippen molar-refractivity contribution < 1.29 is 19.4 Å². The van der Waals surface area contributed by atoms with Gasteiger partial charge in [0.25, 0.3) is 5.91 Å². The number of benzene rings is 1. The number of aromatic nitrogens is 2. The summed E-state index contributed by atoms with van der Waals surface area (Å²) in [4.78, 5) is 29.6. The molecule has 0 bridgehead atoms. The maximum absolute atomic E-state index is 12.5. The lowest BCUT2D eigenvalue weighted by atomic mass is 10.0. The van der Waals surface area contributed by atoms with Crippen molar-refractivity contribution in [2.45, 2.75) is 18.9 Å². The van der Waals surface area contributed by atoms with E-state index in [0.717, 1.165) is 31.9 Å². The minimum Gasteiger partial charge on any atom is -0.482 e. The van der Waals surface area contributed by atoms with Gasteiger partial charge in [-0.1, -0.05) is 6.07 Å². The molecule has 1 aromatic heterocycles. The Balaban J connectivity index is 1.53. The molecule has 1 saturated heterocycles. The predicted molar refractivity (Wildman–Crippen MR) is 95.5 cm³/mol. The fraction of sp³-hybridized carbons (Fsp3) is 0.389. The van der Waals surface area contributed by atoms with Gasteiger partial charge in [0.2, 0.25) is 5.95 Å². The van der Waals surface area contributed by atoms with Crippen LogP contribution in [0.3, 0.4) is 0 Å². The summed E-state index contributed by atoms with van der Waals surface area (Å²) in [7, 11) is 1.97. The molecule has 1 fully saturated rings. The van der Waals surface area contributed by atoms with Crippen molar-refractivity contribution >= 4 is 17.8 Å². The number of anilines is 1. The molecule has 1 aromatic carbocycles. The molecule has 26 heavy (non-hydrogen) atoms. The van der Waals surface area contributed by atoms with Crippen LogP contribution < -0.4 is 15.0 Å². The molecule has 0 atom stereocenters. The summed E-state index contributed by atoms with van der Waals surface area (Å²) in [5, 5.41) is 11.7. The fourth-order valence-electron chi connectivity index (χ4n) is 3.03. The number of hydrogen-bond acceptors (Lipinski definition) is 5. The van der Waals surface area contributed by atoms with Crippen LogP contribution in [0.4, 0.5) is 5.95 Å². The average Bonchev–Trinajstić information content (AvgIpc) is 3.07. The molecule has 1 aliphatic heterocycles. The van der Waals surface area contributed by atoms with E-state index in [4.69, 9.17) is 9.84 Å². The summed E-state index contributed by atoms with van der Waals surface area (Å²) in [5.74, 6) is 0.0725. The van der Waals surface area contributed by atoms with E-state index in [1.165, 1.54) is 0 Å². The molecule has 1 aliphatic rings. The molecule has 0 saturated carbocycles. The molecule has 138 valence electrons. The molecule has 3 rings (SSSR count). The molecule has 8 nitrogen and oxygen atoms in total. The maximum atomic E-state index is 12.5. The van der Waals surface area contributed by atoms with E-state index in [2.05, 4.69) is 15.2 Å². The number of rotatable bonds is 6. The largest absolute Gasteiger partial charge is 0.482 e. The van der Waals surface area contributed by atoms with Crippen molar-refractivity contribution in [3.05, 3.63) is 42.2 Å². The average molecular weight is 358 g/mol. The number of nitrogens with zero attached hydrogens (tertiary/aromatic N) is 3. The molecular weight excluding hydrogens is 336 g/mol. The van der Waals surface area contributed by atoms with Crippen LogP contribution in [0.15, 0.2) is 36.7 Å². The molecule has 0 unspecified atom stereocenters. The highest BCUT2D eigenvalue weighted by Gasteiger charge is 2.23. The van der Waals surface area contributed by atoms with Crippen LogP contribution in [0.1, 0.15) is 23.2 Å². The van der Waals surface area contributed by atoms with Crippen LogP contribution in [0, 0.1) is 0 Å². The molecular formula is C18H22N4O4. The van der Waals surface area contributed by atoms with Gasteiger partial charge in [-0.15, -0.1) is 0 Å². The zero-order valence-electron chi connectivity index (χ0n) is 14.6. The Hall–Kier alpha value is -3.03. The summed E-state index contributed by atoms with van der Waals surface area (Å²) in [5.41, 5.74) is 0.458. The second kappa shape index (κ2) is 7.90. The Kier molecular flexibility index (Phi) is 5.40. The molecule has 8 heteroatoms. The number of nitrogens with one attached hydrogen (secondary N) is 1. The van der Waals surface area contributed by atoms with Gasteiger partial charge in [-0.05, 0) is 31.0 Å². The fourth-order valence-corrected chi connectivity index (χ4v) is 3.03. The van der Waals surface area contributed by atoms with E-state index in [0.29, 0.717) is 11.3 Å². The van der Waals surface area contributed by atoms with Crippen LogP contribution in [0.25, 0.3) is 0 Å². The van der Waals surface area contributed by atoms with Gasteiger partial charge in [-0.25, -0.2) is 9.78 Å². The Labute approximate surface area is 151 Å². The number of hydrogen-bond donors (Lipinski definition) is 2. The SMILES string of the molecule is Cn1ccnc1N1CCC(NC(=O)c2cccc(OCC(=O)O)c2)CC1. The molecule has 0 spiro atoms. The quantitative estimate of drug-likeness (QED) is 0.808. The first kappa shape index (κ1) is 17.8. The number of carbonyl (C=O) groups excluding carboxylic acids is 1. The summed E-state index contributed by atoms with van der Waals surface area (Å²) in [6.45, 7) is 1.23. The van der Waals surface area contributed by atoms with Gasteiger partial charge in [-0.3, -0.25) is 4.79 Å². The summed E-state index contributed by atoms with van der Waals surface area (Å²) in [6, 6.07) is 6.65. The number of piperidine rings is 1. The predicted octanol–water partition coefficient (Wildman–Crippen LogP) is 1.28. The van der Waals surface area contributed by atoms with Crippen molar-refractivity contribution in [2.24, 2.45) is 7.05 Å². The topological polar surface area (TPSA) is 96.7 Å². The molecule has 0 aliphatic carbocycles. The van der Waals surface area contributed by atoms with Crippen LogP contribution in [0.5, 0.6) is 5.75 Å². The van der Waals surface area contributed by atoms with E-state index in [9.17, 15) is 9.59 Å². The van der Waals surface area contributed by atoms with Gasteiger partial charge < -0.3 is 24.6 Å². The Morgan fingerprint density at radius 2 is 2.12 bits per heavy atom. The first-order valence-corrected chi connectivity index (χ1v) is 8.50. The lowest BCUT2D eigenvalue weighted by Gasteiger charge is -2.33. The highest BCUT2D eigenvalue weighted by atomic mass is 16.5. The first-order chi connectivity index (χ1) is 12.5. The van der Waals surface area contributed by atoms with Crippen molar-refractivity contribution in [1.29, 1.82) is 0 Å². The molecule has 1 amide bonds. The van der Waals surface area contributed by atoms with Gasteiger partial charge in [-0.2, -0.15) is 0 Å². The van der Waals surface area contributed by atoms with E-state index < -0.39 is 12.6 Å². The molecule has 2 heterocycles. The minimum absolute atomic E-state index is 0.0996. The Morgan fingerprint density at radius 3 is 2.77 bits per heavy atom. The number of carbonyl (C=O) groups is 2. The van der Waals surface area contributed by atoms with Gasteiger partial charge in [0.15, 0.2) is 6.61 Å². The Morgan fingerprint density at radius 1 is 1.35 bits per heavy atom. The van der Waals surface area contributed by atoms with Crippen LogP contribution in [0.2, 0.25) is 0 Å². The standard InChI is InChI=1S/C18H22N4O4/c1-21-10-7-19-18(21)22-8-5-14(6-9-22)20-17(25)13-3-2-4-15(11-13)26-12-16(23)24/h2-4,7,10-11,14H,5-6,8-9,12H2,1H3,(H,20,25)(H,23,24). The second-order valence-electron chi connectivity index (χ2n) is 6.28. The van der Waals surface area contributed by atoms with E-state index in [-0.39, 0.29) is 11.9 Å².